The second-order valence-electron chi connectivity index (χ2n) is 12.9. The molecule has 3 heterocycles. The fraction of sp³-hybridized carbons (Fsp3) is 0.516. The number of nitrogens with zero attached hydrogens (tertiary/aromatic N) is 3. The number of amides is 1. The lowest BCUT2D eigenvalue weighted by Crippen LogP contribution is -2.36. The second-order valence-corrected chi connectivity index (χ2v) is 18.6. The number of pyridine rings is 1. The van der Waals surface area contributed by atoms with E-state index in [2.05, 4.69) is 24.6 Å². The minimum atomic E-state index is -1.15. The molecule has 2 aromatic heterocycles. The van der Waals surface area contributed by atoms with Gasteiger partial charge in [-0.1, -0.05) is 31.8 Å². The molecule has 1 aliphatic rings. The van der Waals surface area contributed by atoms with Crippen LogP contribution in [0.15, 0.2) is 42.7 Å². The molecule has 3 aromatic rings. The Labute approximate surface area is 243 Å². The maximum atomic E-state index is 12.7. The summed E-state index contributed by atoms with van der Waals surface area (Å²) in [5.74, 6) is 0.343. The fourth-order valence-electron chi connectivity index (χ4n) is 5.02. The first-order valence-corrected chi connectivity index (χ1v) is 17.8. The third kappa shape index (κ3) is 7.68. The lowest BCUT2D eigenvalue weighted by Gasteiger charge is -2.24. The number of benzene rings is 1. The van der Waals surface area contributed by atoms with Gasteiger partial charge in [0.15, 0.2) is 0 Å². The van der Waals surface area contributed by atoms with E-state index >= 15 is 0 Å². The van der Waals surface area contributed by atoms with Crippen LogP contribution in [0.2, 0.25) is 25.7 Å². The van der Waals surface area contributed by atoms with Crippen LogP contribution in [0.5, 0.6) is 11.5 Å². The average molecular weight is 582 g/mol. The molecule has 0 bridgehead atoms. The van der Waals surface area contributed by atoms with Crippen molar-refractivity contribution in [3.05, 3.63) is 53.9 Å². The predicted molar refractivity (Wildman–Crippen MR) is 161 cm³/mol. The minimum Gasteiger partial charge on any atom is -0.469 e. The van der Waals surface area contributed by atoms with E-state index in [0.29, 0.717) is 24.8 Å². The van der Waals surface area contributed by atoms with Crippen molar-refractivity contribution in [3.63, 3.8) is 0 Å². The standard InChI is InChI=1S/C31H43N3O6Si/c1-21-17-34(20-38-15-16-41(6,7)8)28-27(21)26(13-14-32-28)39-23-11-9-22(10-12-23)24-18-33(19-25(24)29(35)37-5)30(36)40-31(2,3)4/h9-14,17,24-25H,15-16,18-20H2,1-8H3/t24-,25+/m1/s1. The van der Waals surface area contributed by atoms with E-state index in [9.17, 15) is 9.59 Å². The zero-order valence-corrected chi connectivity index (χ0v) is 26.5. The Morgan fingerprint density at radius 3 is 2.41 bits per heavy atom. The number of ether oxygens (including phenoxy) is 4. The van der Waals surface area contributed by atoms with Crippen LogP contribution in [0.3, 0.4) is 0 Å². The van der Waals surface area contributed by atoms with Gasteiger partial charge >= 0.3 is 12.1 Å². The van der Waals surface area contributed by atoms with E-state index in [0.717, 1.165) is 34.8 Å². The van der Waals surface area contributed by atoms with E-state index in [1.54, 1.807) is 11.1 Å². The number of rotatable bonds is 9. The van der Waals surface area contributed by atoms with Gasteiger partial charge < -0.3 is 28.4 Å². The highest BCUT2D eigenvalue weighted by atomic mass is 28.3. The van der Waals surface area contributed by atoms with Crippen LogP contribution in [0, 0.1) is 12.8 Å². The minimum absolute atomic E-state index is 0.214. The third-order valence-electron chi connectivity index (χ3n) is 7.15. The van der Waals surface area contributed by atoms with Crippen molar-refractivity contribution in [2.45, 2.75) is 71.6 Å². The van der Waals surface area contributed by atoms with Crippen molar-refractivity contribution in [1.29, 1.82) is 0 Å². The maximum Gasteiger partial charge on any atom is 0.410 e. The summed E-state index contributed by atoms with van der Waals surface area (Å²) in [6.07, 6.45) is 3.36. The van der Waals surface area contributed by atoms with Crippen LogP contribution < -0.4 is 4.74 Å². The molecule has 4 rings (SSSR count). The number of aromatic nitrogens is 2. The second kappa shape index (κ2) is 12.2. The number of aryl methyl sites for hydroxylation is 1. The van der Waals surface area contributed by atoms with Crippen molar-refractivity contribution in [2.75, 3.05) is 26.8 Å². The maximum absolute atomic E-state index is 12.7. The van der Waals surface area contributed by atoms with Crippen LogP contribution in [0.1, 0.15) is 37.8 Å². The summed E-state index contributed by atoms with van der Waals surface area (Å²) >= 11 is 0. The Morgan fingerprint density at radius 1 is 1.07 bits per heavy atom. The molecule has 222 valence electrons. The van der Waals surface area contributed by atoms with Gasteiger partial charge in [-0.05, 0) is 63.1 Å². The van der Waals surface area contributed by atoms with E-state index in [-0.39, 0.29) is 18.4 Å². The highest BCUT2D eigenvalue weighted by Crippen LogP contribution is 2.37. The molecule has 1 aromatic carbocycles. The van der Waals surface area contributed by atoms with E-state index in [1.165, 1.54) is 7.11 Å². The molecular formula is C31H43N3O6Si. The summed E-state index contributed by atoms with van der Waals surface area (Å²) in [6.45, 7) is 16.3. The lowest BCUT2D eigenvalue weighted by molar-refractivity contribution is -0.145. The van der Waals surface area contributed by atoms with E-state index in [4.69, 9.17) is 18.9 Å². The number of esters is 1. The van der Waals surface area contributed by atoms with Gasteiger partial charge in [0.05, 0.1) is 18.4 Å². The third-order valence-corrected chi connectivity index (χ3v) is 8.85. The molecule has 0 N–H and O–H groups in total. The fourth-order valence-corrected chi connectivity index (χ4v) is 5.78. The SMILES string of the molecule is COC(=O)[C@H]1CN(C(=O)OC(C)(C)C)C[C@@H]1c1ccc(Oc2ccnc3c2c(C)cn3COCC[Si](C)(C)C)cc1. The van der Waals surface area contributed by atoms with Gasteiger partial charge in [0, 0.05) is 46.1 Å². The monoisotopic (exact) mass is 581 g/mol. The number of carbonyl (C=O) groups is 2. The van der Waals surface area contributed by atoms with Gasteiger partial charge in [-0.15, -0.1) is 0 Å². The number of likely N-dealkylation sites (tertiary alicyclic amines) is 1. The Kier molecular flexibility index (Phi) is 9.13. The zero-order valence-electron chi connectivity index (χ0n) is 25.5. The summed E-state index contributed by atoms with van der Waals surface area (Å²) in [7, 11) is 0.218. The molecule has 0 unspecified atom stereocenters. The first-order chi connectivity index (χ1) is 19.3. The molecule has 0 saturated carbocycles. The van der Waals surface area contributed by atoms with Crippen LogP contribution in [-0.2, 0) is 25.7 Å². The molecule has 0 radical (unpaired) electrons. The summed E-state index contributed by atoms with van der Waals surface area (Å²) in [4.78, 5) is 31.5. The first kappa shape index (κ1) is 30.6. The lowest BCUT2D eigenvalue weighted by atomic mass is 9.89. The van der Waals surface area contributed by atoms with Gasteiger partial charge in [0.25, 0.3) is 0 Å². The van der Waals surface area contributed by atoms with Crippen LogP contribution in [-0.4, -0.2) is 67.0 Å². The number of hydrogen-bond acceptors (Lipinski definition) is 7. The van der Waals surface area contributed by atoms with E-state index < -0.39 is 25.7 Å². The molecule has 1 saturated heterocycles. The van der Waals surface area contributed by atoms with E-state index in [1.807, 2.05) is 68.8 Å². The molecule has 0 aliphatic carbocycles. The Bertz CT molecular complexity index is 1370. The topological polar surface area (TPSA) is 92.1 Å². The van der Waals surface area contributed by atoms with Gasteiger partial charge in [-0.25, -0.2) is 9.78 Å². The molecule has 41 heavy (non-hydrogen) atoms. The molecule has 1 fully saturated rings. The number of carbonyl (C=O) groups excluding carboxylic acids is 2. The summed E-state index contributed by atoms with van der Waals surface area (Å²) in [6, 6.07) is 10.6. The molecule has 2 atom stereocenters. The summed E-state index contributed by atoms with van der Waals surface area (Å²) in [5.41, 5.74) is 2.19. The Balaban J connectivity index is 1.49. The molecule has 1 amide bonds. The average Bonchev–Trinajstić information content (AvgIpc) is 3.48. The van der Waals surface area contributed by atoms with Gasteiger partial charge in [-0.3, -0.25) is 4.79 Å². The smallest absolute Gasteiger partial charge is 0.410 e. The van der Waals surface area contributed by atoms with Crippen molar-refractivity contribution in [2.24, 2.45) is 5.92 Å². The molecule has 1 aliphatic heterocycles. The van der Waals surface area contributed by atoms with Gasteiger partial charge in [0.2, 0.25) is 0 Å². The summed E-state index contributed by atoms with van der Waals surface area (Å²) in [5, 5.41) is 0.944. The number of hydrogen-bond donors (Lipinski definition) is 0. The quantitative estimate of drug-likeness (QED) is 0.160. The summed E-state index contributed by atoms with van der Waals surface area (Å²) < 4.78 is 24.9. The number of fused-ring (bicyclic) bond motifs is 1. The zero-order chi connectivity index (χ0) is 29.9. The van der Waals surface area contributed by atoms with Crippen LogP contribution in [0.25, 0.3) is 11.0 Å². The van der Waals surface area contributed by atoms with Gasteiger partial charge in [-0.2, -0.15) is 0 Å². The van der Waals surface area contributed by atoms with Crippen LogP contribution >= 0.6 is 0 Å². The molecular weight excluding hydrogens is 538 g/mol. The van der Waals surface area contributed by atoms with Crippen molar-refractivity contribution in [1.82, 2.24) is 14.5 Å². The van der Waals surface area contributed by atoms with Crippen molar-refractivity contribution >= 4 is 31.2 Å². The highest BCUT2D eigenvalue weighted by molar-refractivity contribution is 6.76. The Hall–Kier alpha value is -3.37. The molecule has 0 spiro atoms. The predicted octanol–water partition coefficient (Wildman–Crippen LogP) is 6.57. The largest absolute Gasteiger partial charge is 0.469 e. The van der Waals surface area contributed by atoms with Crippen molar-refractivity contribution in [3.8, 4) is 11.5 Å². The first-order valence-electron chi connectivity index (χ1n) is 14.1. The van der Waals surface area contributed by atoms with Gasteiger partial charge in [0.1, 0.15) is 29.5 Å². The van der Waals surface area contributed by atoms with Crippen molar-refractivity contribution < 1.29 is 28.5 Å². The highest BCUT2D eigenvalue weighted by Gasteiger charge is 2.42. The number of methoxy groups -OCH3 is 1. The molecule has 10 heteroatoms. The Morgan fingerprint density at radius 2 is 1.78 bits per heavy atom. The van der Waals surface area contributed by atoms with Crippen LogP contribution in [0.4, 0.5) is 4.79 Å². The molecule has 9 nitrogen and oxygen atoms in total. The normalized spacial score (nSPS) is 17.6.